The van der Waals surface area contributed by atoms with Gasteiger partial charge in [-0.05, 0) is 50.3 Å². The van der Waals surface area contributed by atoms with E-state index < -0.39 is 5.97 Å². The van der Waals surface area contributed by atoms with Gasteiger partial charge in [-0.3, -0.25) is 14.5 Å². The molecule has 1 atom stereocenters. The van der Waals surface area contributed by atoms with E-state index in [2.05, 4.69) is 4.98 Å². The topological polar surface area (TPSA) is 78.2 Å². The Morgan fingerprint density at radius 3 is 2.74 bits per heavy atom. The van der Waals surface area contributed by atoms with Crippen molar-refractivity contribution in [3.63, 3.8) is 0 Å². The first-order chi connectivity index (χ1) is 13.0. The number of pyridine rings is 1. The fourth-order valence-corrected chi connectivity index (χ4v) is 4.64. The minimum Gasteiger partial charge on any atom is -0.480 e. The summed E-state index contributed by atoms with van der Waals surface area (Å²) in [6, 6.07) is 5.49. The Labute approximate surface area is 158 Å². The number of carbonyl (C=O) groups excluding carboxylic acids is 1. The number of rotatable bonds is 4. The van der Waals surface area contributed by atoms with Crippen LogP contribution in [-0.4, -0.2) is 68.9 Å². The van der Waals surface area contributed by atoms with Gasteiger partial charge in [-0.2, -0.15) is 0 Å². The molecule has 0 unspecified atom stereocenters. The standard InChI is InChI=1S/C20H26N4O3/c1-22-14-20(12-16(22)19(26)27)7-10-23(11-8-20)18(25)6-5-15-13-24-9-3-2-4-17(24)21-15/h2-4,9,13,16H,5-8,10-12,14H2,1H3,(H,26,27)/t16-/m1/s1. The van der Waals surface area contributed by atoms with Crippen molar-refractivity contribution in [2.75, 3.05) is 26.7 Å². The summed E-state index contributed by atoms with van der Waals surface area (Å²) in [5, 5.41) is 9.35. The van der Waals surface area contributed by atoms with E-state index in [0.717, 1.165) is 43.8 Å². The Kier molecular flexibility index (Phi) is 4.63. The zero-order chi connectivity index (χ0) is 19.0. The zero-order valence-electron chi connectivity index (χ0n) is 15.7. The Balaban J connectivity index is 1.30. The number of nitrogens with zero attached hydrogens (tertiary/aromatic N) is 4. The van der Waals surface area contributed by atoms with Crippen molar-refractivity contribution in [1.29, 1.82) is 0 Å². The fraction of sp³-hybridized carbons (Fsp3) is 0.550. The minimum absolute atomic E-state index is 0.0518. The second-order valence-corrected chi connectivity index (χ2v) is 8.05. The summed E-state index contributed by atoms with van der Waals surface area (Å²) in [4.78, 5) is 32.4. The van der Waals surface area contributed by atoms with Crippen LogP contribution in [0.5, 0.6) is 0 Å². The lowest BCUT2D eigenvalue weighted by Gasteiger charge is -2.39. The van der Waals surface area contributed by atoms with Crippen molar-refractivity contribution in [2.24, 2.45) is 5.41 Å². The third-order valence-corrected chi connectivity index (χ3v) is 6.21. The van der Waals surface area contributed by atoms with E-state index in [1.807, 2.05) is 51.8 Å². The van der Waals surface area contributed by atoms with Crippen molar-refractivity contribution in [2.45, 2.75) is 38.1 Å². The molecule has 2 fully saturated rings. The van der Waals surface area contributed by atoms with Gasteiger partial charge in [-0.1, -0.05) is 6.07 Å². The van der Waals surface area contributed by atoms with Crippen LogP contribution in [0.1, 0.15) is 31.4 Å². The maximum absolute atomic E-state index is 12.6. The molecule has 0 radical (unpaired) electrons. The number of likely N-dealkylation sites (tertiary alicyclic amines) is 2. The highest BCUT2D eigenvalue weighted by molar-refractivity contribution is 5.76. The van der Waals surface area contributed by atoms with Crippen LogP contribution in [0.3, 0.4) is 0 Å². The summed E-state index contributed by atoms with van der Waals surface area (Å²) >= 11 is 0. The molecule has 0 bridgehead atoms. The number of carboxylic acids is 1. The molecular weight excluding hydrogens is 344 g/mol. The molecule has 0 aliphatic carbocycles. The smallest absolute Gasteiger partial charge is 0.320 e. The van der Waals surface area contributed by atoms with Crippen LogP contribution in [0.15, 0.2) is 30.6 Å². The first-order valence-electron chi connectivity index (χ1n) is 9.59. The molecule has 7 nitrogen and oxygen atoms in total. The number of fused-ring (bicyclic) bond motifs is 1. The van der Waals surface area contributed by atoms with Gasteiger partial charge in [0.05, 0.1) is 5.69 Å². The number of likely N-dealkylation sites (N-methyl/N-ethyl adjacent to an activating group) is 1. The van der Waals surface area contributed by atoms with Gasteiger partial charge in [-0.15, -0.1) is 0 Å². The molecule has 2 aromatic heterocycles. The molecule has 0 aromatic carbocycles. The van der Waals surface area contributed by atoms with Crippen LogP contribution < -0.4 is 0 Å². The van der Waals surface area contributed by atoms with E-state index in [1.54, 1.807) is 0 Å². The average Bonchev–Trinajstić information content (AvgIpc) is 3.21. The number of carboxylic acid groups (broad SMARTS) is 1. The predicted molar refractivity (Wildman–Crippen MR) is 100 cm³/mol. The van der Waals surface area contributed by atoms with Gasteiger partial charge in [0.2, 0.25) is 5.91 Å². The van der Waals surface area contributed by atoms with E-state index in [-0.39, 0.29) is 17.4 Å². The van der Waals surface area contributed by atoms with Crippen LogP contribution in [0.4, 0.5) is 0 Å². The summed E-state index contributed by atoms with van der Waals surface area (Å²) in [7, 11) is 1.89. The number of aryl methyl sites for hydroxylation is 1. The van der Waals surface area contributed by atoms with Gasteiger partial charge in [0.15, 0.2) is 0 Å². The molecule has 2 aromatic rings. The zero-order valence-corrected chi connectivity index (χ0v) is 15.7. The summed E-state index contributed by atoms with van der Waals surface area (Å²) in [5.41, 5.74) is 1.89. The highest BCUT2D eigenvalue weighted by Crippen LogP contribution is 2.42. The summed E-state index contributed by atoms with van der Waals surface area (Å²) in [6.45, 7) is 2.27. The highest BCUT2D eigenvalue weighted by Gasteiger charge is 2.47. The first-order valence-corrected chi connectivity index (χ1v) is 9.59. The molecule has 1 N–H and O–H groups in total. The Bertz CT molecular complexity index is 821. The molecule has 0 saturated carbocycles. The number of imidazole rings is 1. The van der Waals surface area contributed by atoms with E-state index >= 15 is 0 Å². The van der Waals surface area contributed by atoms with Crippen molar-refractivity contribution in [1.82, 2.24) is 19.2 Å². The second kappa shape index (κ2) is 6.96. The number of amides is 1. The van der Waals surface area contributed by atoms with E-state index in [9.17, 15) is 14.7 Å². The van der Waals surface area contributed by atoms with Crippen molar-refractivity contribution in [3.05, 3.63) is 36.3 Å². The third-order valence-electron chi connectivity index (χ3n) is 6.21. The van der Waals surface area contributed by atoms with Crippen molar-refractivity contribution in [3.8, 4) is 0 Å². The molecule has 2 aliphatic rings. The van der Waals surface area contributed by atoms with Crippen LogP contribution in [0.25, 0.3) is 5.65 Å². The van der Waals surface area contributed by atoms with E-state index in [4.69, 9.17) is 0 Å². The van der Waals surface area contributed by atoms with Crippen LogP contribution in [0.2, 0.25) is 0 Å². The molecule has 2 saturated heterocycles. The minimum atomic E-state index is -0.736. The molecule has 27 heavy (non-hydrogen) atoms. The van der Waals surface area contributed by atoms with Crippen LogP contribution in [-0.2, 0) is 16.0 Å². The second-order valence-electron chi connectivity index (χ2n) is 8.05. The fourth-order valence-electron chi connectivity index (χ4n) is 4.64. The number of piperidine rings is 1. The molecule has 1 spiro atoms. The number of hydrogen-bond acceptors (Lipinski definition) is 4. The lowest BCUT2D eigenvalue weighted by molar-refractivity contribution is -0.142. The lowest BCUT2D eigenvalue weighted by Crippen LogP contribution is -2.44. The number of hydrogen-bond donors (Lipinski definition) is 1. The quantitative estimate of drug-likeness (QED) is 0.886. The summed E-state index contributed by atoms with van der Waals surface area (Å²) < 4.78 is 1.97. The van der Waals surface area contributed by atoms with Gasteiger partial charge in [-0.25, -0.2) is 4.98 Å². The maximum Gasteiger partial charge on any atom is 0.320 e. The monoisotopic (exact) mass is 370 g/mol. The predicted octanol–water partition coefficient (Wildman–Crippen LogP) is 1.66. The Hall–Kier alpha value is -2.41. The van der Waals surface area contributed by atoms with E-state index in [1.165, 1.54) is 0 Å². The van der Waals surface area contributed by atoms with Crippen molar-refractivity contribution < 1.29 is 14.7 Å². The molecule has 4 heterocycles. The SMILES string of the molecule is CN1CC2(CCN(C(=O)CCc3cn4ccccc4n3)CC2)C[C@@H]1C(=O)O. The molecule has 1 amide bonds. The normalized spacial score (nSPS) is 22.6. The van der Waals surface area contributed by atoms with Gasteiger partial charge in [0, 0.05) is 38.4 Å². The van der Waals surface area contributed by atoms with Gasteiger partial charge in [0.25, 0.3) is 0 Å². The molecule has 2 aliphatic heterocycles. The maximum atomic E-state index is 12.6. The number of aliphatic carboxylic acids is 1. The van der Waals surface area contributed by atoms with Gasteiger partial charge in [0.1, 0.15) is 11.7 Å². The van der Waals surface area contributed by atoms with Crippen LogP contribution in [0, 0.1) is 5.41 Å². The number of aromatic nitrogens is 2. The van der Waals surface area contributed by atoms with E-state index in [0.29, 0.717) is 19.3 Å². The largest absolute Gasteiger partial charge is 0.480 e. The lowest BCUT2D eigenvalue weighted by atomic mass is 9.76. The average molecular weight is 370 g/mol. The molecule has 7 heteroatoms. The third kappa shape index (κ3) is 3.56. The van der Waals surface area contributed by atoms with Gasteiger partial charge >= 0.3 is 5.97 Å². The Morgan fingerprint density at radius 2 is 2.07 bits per heavy atom. The van der Waals surface area contributed by atoms with Crippen molar-refractivity contribution >= 4 is 17.5 Å². The van der Waals surface area contributed by atoms with Crippen LogP contribution >= 0.6 is 0 Å². The van der Waals surface area contributed by atoms with Gasteiger partial charge < -0.3 is 14.4 Å². The highest BCUT2D eigenvalue weighted by atomic mass is 16.4. The molecular formula is C20H26N4O3. The molecule has 144 valence electrons. The Morgan fingerprint density at radius 1 is 1.30 bits per heavy atom. The number of carbonyl (C=O) groups is 2. The summed E-state index contributed by atoms with van der Waals surface area (Å²) in [5.74, 6) is -0.566. The molecule has 4 rings (SSSR count). The first kappa shape index (κ1) is 18.0. The summed E-state index contributed by atoms with van der Waals surface area (Å²) in [6.07, 6.45) is 7.53.